The van der Waals surface area contributed by atoms with Gasteiger partial charge in [-0.2, -0.15) is 0 Å². The number of aliphatic hydroxyl groups excluding tert-OH is 1. The fourth-order valence-electron chi connectivity index (χ4n) is 2.03. The van der Waals surface area contributed by atoms with E-state index < -0.39 is 5.82 Å². The summed E-state index contributed by atoms with van der Waals surface area (Å²) in [7, 11) is 0. The molecule has 0 amide bonds. The third kappa shape index (κ3) is 2.73. The van der Waals surface area contributed by atoms with Crippen LogP contribution in [0.1, 0.15) is 18.9 Å². The van der Waals surface area contributed by atoms with Crippen molar-refractivity contribution in [2.75, 3.05) is 24.6 Å². The fourth-order valence-corrected chi connectivity index (χ4v) is 2.03. The van der Waals surface area contributed by atoms with Gasteiger partial charge in [0.15, 0.2) is 0 Å². The molecule has 1 aliphatic heterocycles. The molecule has 0 bridgehead atoms. The third-order valence-corrected chi connectivity index (χ3v) is 2.97. The second-order valence-corrected chi connectivity index (χ2v) is 4.14. The van der Waals surface area contributed by atoms with Gasteiger partial charge in [0.2, 0.25) is 0 Å². The molecule has 1 fully saturated rings. The van der Waals surface area contributed by atoms with Gasteiger partial charge in [-0.1, -0.05) is 6.92 Å². The average molecular weight is 240 g/mol. The zero-order valence-corrected chi connectivity index (χ0v) is 9.90. The zero-order valence-electron chi connectivity index (χ0n) is 9.90. The van der Waals surface area contributed by atoms with E-state index >= 15 is 0 Å². The minimum absolute atomic E-state index is 0.183. The van der Waals surface area contributed by atoms with Crippen LogP contribution in [0.15, 0.2) is 12.3 Å². The lowest BCUT2D eigenvalue weighted by atomic mass is 10.2. The Balaban J connectivity index is 2.20. The van der Waals surface area contributed by atoms with Gasteiger partial charge in [-0.05, 0) is 12.5 Å². The lowest BCUT2D eigenvalue weighted by Crippen LogP contribution is -2.43. The molecule has 17 heavy (non-hydrogen) atoms. The topological polar surface area (TPSA) is 45.6 Å². The maximum absolute atomic E-state index is 13.0. The summed E-state index contributed by atoms with van der Waals surface area (Å²) >= 11 is 0. The molecule has 1 aliphatic rings. The van der Waals surface area contributed by atoms with E-state index in [9.17, 15) is 9.50 Å². The monoisotopic (exact) mass is 240 g/mol. The molecule has 0 saturated carbocycles. The van der Waals surface area contributed by atoms with E-state index in [1.54, 1.807) is 0 Å². The Labute approximate surface area is 100 Å². The second-order valence-electron chi connectivity index (χ2n) is 4.14. The molecule has 1 aromatic rings. The Morgan fingerprint density at radius 3 is 3.18 bits per heavy atom. The van der Waals surface area contributed by atoms with Crippen molar-refractivity contribution in [2.24, 2.45) is 0 Å². The van der Waals surface area contributed by atoms with Crippen LogP contribution >= 0.6 is 0 Å². The number of aliphatic hydroxyl groups is 1. The number of hydrogen-bond donors (Lipinski definition) is 1. The first kappa shape index (κ1) is 12.3. The van der Waals surface area contributed by atoms with Gasteiger partial charge < -0.3 is 14.7 Å². The molecule has 2 heterocycles. The number of anilines is 1. The number of morpholine rings is 1. The van der Waals surface area contributed by atoms with Crippen molar-refractivity contribution in [1.29, 1.82) is 0 Å². The van der Waals surface area contributed by atoms with Crippen LogP contribution in [0.5, 0.6) is 0 Å². The minimum atomic E-state index is -0.418. The zero-order chi connectivity index (χ0) is 12.3. The lowest BCUT2D eigenvalue weighted by Gasteiger charge is -2.34. The van der Waals surface area contributed by atoms with Crippen LogP contribution in [0, 0.1) is 5.82 Å². The SMILES string of the molecule is CCC1CN(c2ncc(F)cc2CO)CCO1. The highest BCUT2D eigenvalue weighted by atomic mass is 19.1. The quantitative estimate of drug-likeness (QED) is 0.865. The van der Waals surface area contributed by atoms with Crippen molar-refractivity contribution >= 4 is 5.82 Å². The van der Waals surface area contributed by atoms with Crippen molar-refractivity contribution in [3.05, 3.63) is 23.6 Å². The molecule has 0 radical (unpaired) electrons. The van der Waals surface area contributed by atoms with E-state index in [2.05, 4.69) is 11.9 Å². The molecule has 94 valence electrons. The van der Waals surface area contributed by atoms with Gasteiger partial charge in [0.25, 0.3) is 0 Å². The van der Waals surface area contributed by atoms with Gasteiger partial charge in [-0.15, -0.1) is 0 Å². The van der Waals surface area contributed by atoms with Crippen LogP contribution in [0.4, 0.5) is 10.2 Å². The van der Waals surface area contributed by atoms with Crippen molar-refractivity contribution in [3.63, 3.8) is 0 Å². The highest BCUT2D eigenvalue weighted by Gasteiger charge is 2.22. The third-order valence-electron chi connectivity index (χ3n) is 2.97. The van der Waals surface area contributed by atoms with Crippen LogP contribution in [0.25, 0.3) is 0 Å². The summed E-state index contributed by atoms with van der Waals surface area (Å²) in [5.74, 6) is 0.244. The lowest BCUT2D eigenvalue weighted by molar-refractivity contribution is 0.0380. The number of nitrogens with zero attached hydrogens (tertiary/aromatic N) is 2. The minimum Gasteiger partial charge on any atom is -0.392 e. The molecule has 1 N–H and O–H groups in total. The van der Waals surface area contributed by atoms with Crippen LogP contribution in [0.3, 0.4) is 0 Å². The van der Waals surface area contributed by atoms with E-state index in [4.69, 9.17) is 4.74 Å². The normalized spacial score (nSPS) is 20.6. The summed E-state index contributed by atoms with van der Waals surface area (Å²) in [6, 6.07) is 1.33. The van der Waals surface area contributed by atoms with Crippen LogP contribution in [-0.2, 0) is 11.3 Å². The Morgan fingerprint density at radius 1 is 1.65 bits per heavy atom. The Hall–Kier alpha value is -1.20. The van der Waals surface area contributed by atoms with E-state index in [0.29, 0.717) is 18.0 Å². The van der Waals surface area contributed by atoms with Gasteiger partial charge in [-0.25, -0.2) is 9.37 Å². The van der Waals surface area contributed by atoms with Gasteiger partial charge in [-0.3, -0.25) is 0 Å². The number of ether oxygens (including phenoxy) is 1. The molecule has 4 nitrogen and oxygen atoms in total. The molecular weight excluding hydrogens is 223 g/mol. The van der Waals surface area contributed by atoms with Crippen molar-refractivity contribution in [3.8, 4) is 0 Å². The Kier molecular flexibility index (Phi) is 3.91. The number of halogens is 1. The molecule has 2 rings (SSSR count). The van der Waals surface area contributed by atoms with Crippen LogP contribution < -0.4 is 4.90 Å². The first-order chi connectivity index (χ1) is 8.24. The summed E-state index contributed by atoms with van der Waals surface area (Å²) in [6.07, 6.45) is 2.30. The predicted octanol–water partition coefficient (Wildman–Crippen LogP) is 1.33. The molecule has 1 unspecified atom stereocenters. The highest BCUT2D eigenvalue weighted by molar-refractivity contribution is 5.47. The van der Waals surface area contributed by atoms with Gasteiger partial charge >= 0.3 is 0 Å². The maximum atomic E-state index is 13.0. The number of pyridine rings is 1. The van der Waals surface area contributed by atoms with Crippen molar-refractivity contribution < 1.29 is 14.2 Å². The average Bonchev–Trinajstić information content (AvgIpc) is 2.38. The largest absolute Gasteiger partial charge is 0.392 e. The first-order valence-electron chi connectivity index (χ1n) is 5.86. The first-order valence-corrected chi connectivity index (χ1v) is 5.86. The molecular formula is C12H17FN2O2. The molecule has 1 saturated heterocycles. The number of rotatable bonds is 3. The van der Waals surface area contributed by atoms with E-state index in [0.717, 1.165) is 19.5 Å². The van der Waals surface area contributed by atoms with Crippen LogP contribution in [-0.4, -0.2) is 35.9 Å². The van der Waals surface area contributed by atoms with Crippen molar-refractivity contribution in [2.45, 2.75) is 26.1 Å². The molecule has 1 aromatic heterocycles. The molecule has 5 heteroatoms. The summed E-state index contributed by atoms with van der Waals surface area (Å²) in [6.45, 7) is 3.97. The summed E-state index contributed by atoms with van der Waals surface area (Å²) in [5, 5.41) is 9.23. The Bertz CT molecular complexity index is 387. The second kappa shape index (κ2) is 5.42. The molecule has 0 aliphatic carbocycles. The van der Waals surface area contributed by atoms with Crippen molar-refractivity contribution in [1.82, 2.24) is 4.98 Å². The highest BCUT2D eigenvalue weighted by Crippen LogP contribution is 2.21. The molecule has 0 spiro atoms. The maximum Gasteiger partial charge on any atom is 0.142 e. The summed E-state index contributed by atoms with van der Waals surface area (Å²) < 4.78 is 18.6. The molecule has 1 atom stereocenters. The Morgan fingerprint density at radius 2 is 2.47 bits per heavy atom. The summed E-state index contributed by atoms with van der Waals surface area (Å²) in [4.78, 5) is 6.12. The molecule has 0 aromatic carbocycles. The standard InChI is InChI=1S/C12H17FN2O2/c1-2-11-7-15(3-4-17-11)12-9(8-16)5-10(13)6-14-12/h5-6,11,16H,2-4,7-8H2,1H3. The summed E-state index contributed by atoms with van der Waals surface area (Å²) in [5.41, 5.74) is 0.529. The van der Waals surface area contributed by atoms with Gasteiger partial charge in [0, 0.05) is 18.7 Å². The predicted molar refractivity (Wildman–Crippen MR) is 62.4 cm³/mol. The van der Waals surface area contributed by atoms with Crippen LogP contribution in [0.2, 0.25) is 0 Å². The van der Waals surface area contributed by atoms with Gasteiger partial charge in [0.05, 0.1) is 25.5 Å². The van der Waals surface area contributed by atoms with E-state index in [1.807, 2.05) is 4.90 Å². The smallest absolute Gasteiger partial charge is 0.142 e. The number of aromatic nitrogens is 1. The fraction of sp³-hybridized carbons (Fsp3) is 0.583. The van der Waals surface area contributed by atoms with E-state index in [1.165, 1.54) is 12.3 Å². The number of hydrogen-bond acceptors (Lipinski definition) is 4. The van der Waals surface area contributed by atoms with E-state index in [-0.39, 0.29) is 12.7 Å². The van der Waals surface area contributed by atoms with Gasteiger partial charge in [0.1, 0.15) is 11.6 Å².